The lowest BCUT2D eigenvalue weighted by Gasteiger charge is -2.13. The molecular weight excluding hydrogens is 216 g/mol. The Labute approximate surface area is 101 Å². The summed E-state index contributed by atoms with van der Waals surface area (Å²) < 4.78 is 0. The first-order valence-electron chi connectivity index (χ1n) is 5.85. The zero-order valence-electron chi connectivity index (χ0n) is 10.1. The van der Waals surface area contributed by atoms with Gasteiger partial charge >= 0.3 is 5.97 Å². The molecule has 0 spiro atoms. The Kier molecular flexibility index (Phi) is 5.40. The lowest BCUT2D eigenvalue weighted by molar-refractivity contribution is -0.137. The van der Waals surface area contributed by atoms with Crippen molar-refractivity contribution in [2.45, 2.75) is 32.6 Å². The standard InChI is InChI=1S/C14H18O3/c1-11(15)13(8-5-9-14(16)17)10-12-6-3-2-4-7-12/h2-4,6-7,13H,5,8-10H2,1H3,(H,16,17). The number of aliphatic carboxylic acids is 1. The summed E-state index contributed by atoms with van der Waals surface area (Å²) in [6.45, 7) is 1.58. The van der Waals surface area contributed by atoms with Gasteiger partial charge in [0.2, 0.25) is 0 Å². The summed E-state index contributed by atoms with van der Waals surface area (Å²) in [6.07, 6.45) is 2.05. The molecule has 3 nitrogen and oxygen atoms in total. The number of carbonyl (C=O) groups excluding carboxylic acids is 1. The van der Waals surface area contributed by atoms with Crippen molar-refractivity contribution in [1.29, 1.82) is 0 Å². The van der Waals surface area contributed by atoms with Crippen LogP contribution in [0.4, 0.5) is 0 Å². The van der Waals surface area contributed by atoms with E-state index < -0.39 is 5.97 Å². The van der Waals surface area contributed by atoms with E-state index in [0.717, 1.165) is 5.56 Å². The van der Waals surface area contributed by atoms with Crippen LogP contribution in [0.2, 0.25) is 0 Å². The van der Waals surface area contributed by atoms with E-state index in [2.05, 4.69) is 0 Å². The van der Waals surface area contributed by atoms with Gasteiger partial charge in [0.25, 0.3) is 0 Å². The molecule has 0 saturated carbocycles. The normalized spacial score (nSPS) is 12.1. The van der Waals surface area contributed by atoms with Crippen LogP contribution >= 0.6 is 0 Å². The van der Waals surface area contributed by atoms with Crippen LogP contribution < -0.4 is 0 Å². The lowest BCUT2D eigenvalue weighted by atomic mass is 9.91. The van der Waals surface area contributed by atoms with E-state index >= 15 is 0 Å². The van der Waals surface area contributed by atoms with E-state index in [0.29, 0.717) is 19.3 Å². The van der Waals surface area contributed by atoms with E-state index in [1.54, 1.807) is 6.92 Å². The van der Waals surface area contributed by atoms with Crippen LogP contribution in [-0.4, -0.2) is 16.9 Å². The molecule has 1 unspecified atom stereocenters. The second-order valence-corrected chi connectivity index (χ2v) is 4.28. The van der Waals surface area contributed by atoms with Crippen molar-refractivity contribution in [3.8, 4) is 0 Å². The third kappa shape index (κ3) is 5.29. The fourth-order valence-electron chi connectivity index (χ4n) is 1.85. The Hall–Kier alpha value is -1.64. The van der Waals surface area contributed by atoms with E-state index in [4.69, 9.17) is 5.11 Å². The van der Waals surface area contributed by atoms with Crippen LogP contribution in [0.3, 0.4) is 0 Å². The van der Waals surface area contributed by atoms with Gasteiger partial charge in [0.1, 0.15) is 5.78 Å². The van der Waals surface area contributed by atoms with E-state index in [9.17, 15) is 9.59 Å². The van der Waals surface area contributed by atoms with Gasteiger partial charge in [-0.1, -0.05) is 30.3 Å². The quantitative estimate of drug-likeness (QED) is 0.789. The molecule has 0 aliphatic heterocycles. The monoisotopic (exact) mass is 234 g/mol. The molecule has 0 heterocycles. The average molecular weight is 234 g/mol. The Bertz CT molecular complexity index is 370. The minimum Gasteiger partial charge on any atom is -0.481 e. The molecular formula is C14H18O3. The zero-order chi connectivity index (χ0) is 12.7. The van der Waals surface area contributed by atoms with Crippen LogP contribution in [0.15, 0.2) is 30.3 Å². The maximum atomic E-state index is 11.5. The van der Waals surface area contributed by atoms with Crippen molar-refractivity contribution in [3.05, 3.63) is 35.9 Å². The van der Waals surface area contributed by atoms with Gasteiger partial charge in [0.15, 0.2) is 0 Å². The summed E-state index contributed by atoms with van der Waals surface area (Å²) in [5.41, 5.74) is 1.13. The Balaban J connectivity index is 2.49. The van der Waals surface area contributed by atoms with Gasteiger partial charge in [-0.3, -0.25) is 9.59 Å². The topological polar surface area (TPSA) is 54.4 Å². The highest BCUT2D eigenvalue weighted by Gasteiger charge is 2.15. The largest absolute Gasteiger partial charge is 0.481 e. The number of hydrogen-bond acceptors (Lipinski definition) is 2. The maximum Gasteiger partial charge on any atom is 0.303 e. The second-order valence-electron chi connectivity index (χ2n) is 4.28. The van der Waals surface area contributed by atoms with Crippen LogP contribution in [0.25, 0.3) is 0 Å². The van der Waals surface area contributed by atoms with Gasteiger partial charge in [0.05, 0.1) is 0 Å². The molecule has 0 bridgehead atoms. The van der Waals surface area contributed by atoms with Crippen LogP contribution in [0, 0.1) is 5.92 Å². The molecule has 1 aromatic carbocycles. The number of ketones is 1. The molecule has 1 rings (SSSR count). The van der Waals surface area contributed by atoms with Crippen molar-refractivity contribution < 1.29 is 14.7 Å². The van der Waals surface area contributed by atoms with Crippen LogP contribution in [0.5, 0.6) is 0 Å². The summed E-state index contributed by atoms with van der Waals surface area (Å²) in [4.78, 5) is 21.9. The van der Waals surface area contributed by atoms with Gasteiger partial charge in [-0.05, 0) is 31.7 Å². The van der Waals surface area contributed by atoms with Gasteiger partial charge < -0.3 is 5.11 Å². The first-order valence-corrected chi connectivity index (χ1v) is 5.85. The number of hydrogen-bond donors (Lipinski definition) is 1. The number of carboxylic acids is 1. The second kappa shape index (κ2) is 6.84. The number of Topliss-reactive ketones (excluding diaryl/α,β-unsaturated/α-hetero) is 1. The van der Waals surface area contributed by atoms with Crippen molar-refractivity contribution in [3.63, 3.8) is 0 Å². The Morgan fingerprint density at radius 3 is 2.41 bits per heavy atom. The zero-order valence-corrected chi connectivity index (χ0v) is 10.1. The summed E-state index contributed by atoms with van der Waals surface area (Å²) in [6, 6.07) is 9.82. The van der Waals surface area contributed by atoms with Crippen LogP contribution in [0.1, 0.15) is 31.7 Å². The van der Waals surface area contributed by atoms with Crippen molar-refractivity contribution in [2.24, 2.45) is 5.92 Å². The Morgan fingerprint density at radius 2 is 1.88 bits per heavy atom. The van der Waals surface area contributed by atoms with Crippen molar-refractivity contribution >= 4 is 11.8 Å². The minimum absolute atomic E-state index is 0.0586. The third-order valence-corrected chi connectivity index (χ3v) is 2.84. The molecule has 1 N–H and O–H groups in total. The highest BCUT2D eigenvalue weighted by molar-refractivity contribution is 5.78. The molecule has 3 heteroatoms. The van der Waals surface area contributed by atoms with Gasteiger partial charge in [-0.2, -0.15) is 0 Å². The van der Waals surface area contributed by atoms with E-state index in [1.807, 2.05) is 30.3 Å². The van der Waals surface area contributed by atoms with Gasteiger partial charge in [-0.25, -0.2) is 0 Å². The minimum atomic E-state index is -0.799. The summed E-state index contributed by atoms with van der Waals surface area (Å²) >= 11 is 0. The highest BCUT2D eigenvalue weighted by Crippen LogP contribution is 2.16. The molecule has 0 saturated heterocycles. The van der Waals surface area contributed by atoms with Crippen LogP contribution in [-0.2, 0) is 16.0 Å². The molecule has 92 valence electrons. The molecule has 1 atom stereocenters. The number of carboxylic acid groups (broad SMARTS) is 1. The van der Waals surface area contributed by atoms with Crippen molar-refractivity contribution in [2.75, 3.05) is 0 Å². The molecule has 0 amide bonds. The summed E-state index contributed by atoms with van der Waals surface area (Å²) in [5.74, 6) is -0.719. The fourth-order valence-corrected chi connectivity index (χ4v) is 1.85. The molecule has 0 aromatic heterocycles. The fraction of sp³-hybridized carbons (Fsp3) is 0.429. The summed E-state index contributed by atoms with van der Waals surface area (Å²) in [7, 11) is 0. The first kappa shape index (κ1) is 13.4. The van der Waals surface area contributed by atoms with Gasteiger partial charge in [0, 0.05) is 12.3 Å². The molecule has 1 aromatic rings. The van der Waals surface area contributed by atoms with Crippen molar-refractivity contribution in [1.82, 2.24) is 0 Å². The van der Waals surface area contributed by atoms with E-state index in [-0.39, 0.29) is 18.1 Å². The Morgan fingerprint density at radius 1 is 1.24 bits per heavy atom. The molecule has 17 heavy (non-hydrogen) atoms. The predicted octanol–water partition coefficient (Wildman–Crippen LogP) is 2.69. The first-order chi connectivity index (χ1) is 8.09. The predicted molar refractivity (Wildman–Crippen MR) is 65.8 cm³/mol. The molecule has 0 aliphatic carbocycles. The molecule has 0 fully saturated rings. The van der Waals surface area contributed by atoms with Gasteiger partial charge in [-0.15, -0.1) is 0 Å². The number of rotatable bonds is 7. The molecule has 0 radical (unpaired) electrons. The number of carbonyl (C=O) groups is 2. The maximum absolute atomic E-state index is 11.5. The lowest BCUT2D eigenvalue weighted by Crippen LogP contribution is -2.14. The third-order valence-electron chi connectivity index (χ3n) is 2.84. The smallest absolute Gasteiger partial charge is 0.303 e. The molecule has 0 aliphatic rings. The highest BCUT2D eigenvalue weighted by atomic mass is 16.4. The summed E-state index contributed by atoms with van der Waals surface area (Å²) in [5, 5.41) is 8.57. The SMILES string of the molecule is CC(=O)C(CCCC(=O)O)Cc1ccccc1. The van der Waals surface area contributed by atoms with E-state index in [1.165, 1.54) is 0 Å². The number of benzene rings is 1. The average Bonchev–Trinajstić information content (AvgIpc) is 2.28.